The quantitative estimate of drug-likeness (QED) is 0.296. The highest BCUT2D eigenvalue weighted by molar-refractivity contribution is 5.90. The third-order valence-corrected chi connectivity index (χ3v) is 7.06. The van der Waals surface area contributed by atoms with Gasteiger partial charge in [-0.25, -0.2) is 0 Å². The van der Waals surface area contributed by atoms with Gasteiger partial charge in [-0.15, -0.1) is 0 Å². The summed E-state index contributed by atoms with van der Waals surface area (Å²) in [7, 11) is 0. The Morgan fingerprint density at radius 3 is 1.88 bits per heavy atom. The first kappa shape index (κ1) is 20.5. The minimum Gasteiger partial charge on any atom is -0.355 e. The molecule has 0 aliphatic heterocycles. The number of benzene rings is 5. The van der Waals surface area contributed by atoms with Crippen molar-refractivity contribution >= 4 is 11.4 Å². The van der Waals surface area contributed by atoms with Crippen LogP contribution in [-0.2, 0) is 5.41 Å². The van der Waals surface area contributed by atoms with Gasteiger partial charge < -0.3 is 5.32 Å². The molecule has 1 aliphatic rings. The van der Waals surface area contributed by atoms with E-state index < -0.39 is 0 Å². The summed E-state index contributed by atoms with van der Waals surface area (Å²) >= 11 is 0. The fraction of sp³-hybridized carbons (Fsp3) is 0.0909. The molecule has 0 fully saturated rings. The number of hydrogen-bond acceptors (Lipinski definition) is 1. The van der Waals surface area contributed by atoms with Crippen LogP contribution in [0.3, 0.4) is 0 Å². The Morgan fingerprint density at radius 1 is 0.471 bits per heavy atom. The summed E-state index contributed by atoms with van der Waals surface area (Å²) < 4.78 is 0. The van der Waals surface area contributed by atoms with E-state index in [-0.39, 0.29) is 5.41 Å². The Bertz CT molecular complexity index is 1480. The molecule has 0 saturated heterocycles. The topological polar surface area (TPSA) is 12.0 Å². The second-order valence-electron chi connectivity index (χ2n) is 9.52. The molecule has 5 aromatic carbocycles. The van der Waals surface area contributed by atoms with Crippen molar-refractivity contribution in [1.29, 1.82) is 0 Å². The number of nitrogens with one attached hydrogen (secondary N) is 1. The molecule has 0 heterocycles. The van der Waals surface area contributed by atoms with E-state index in [1.807, 2.05) is 0 Å². The third kappa shape index (κ3) is 3.33. The smallest absolute Gasteiger partial charge is 0.0464 e. The highest BCUT2D eigenvalue weighted by atomic mass is 14.9. The van der Waals surface area contributed by atoms with Crippen LogP contribution in [0.25, 0.3) is 33.4 Å². The van der Waals surface area contributed by atoms with E-state index in [0.717, 1.165) is 5.69 Å². The Labute approximate surface area is 201 Å². The second-order valence-corrected chi connectivity index (χ2v) is 9.52. The largest absolute Gasteiger partial charge is 0.355 e. The van der Waals surface area contributed by atoms with Gasteiger partial charge in [-0.2, -0.15) is 0 Å². The molecule has 0 aromatic heterocycles. The average molecular weight is 438 g/mol. The van der Waals surface area contributed by atoms with Crippen molar-refractivity contribution in [2.24, 2.45) is 0 Å². The molecule has 34 heavy (non-hydrogen) atoms. The van der Waals surface area contributed by atoms with Gasteiger partial charge in [-0.3, -0.25) is 0 Å². The van der Waals surface area contributed by atoms with Gasteiger partial charge in [0.1, 0.15) is 0 Å². The third-order valence-electron chi connectivity index (χ3n) is 7.06. The Morgan fingerprint density at radius 2 is 1.12 bits per heavy atom. The van der Waals surface area contributed by atoms with Gasteiger partial charge in [-0.1, -0.05) is 117 Å². The van der Waals surface area contributed by atoms with Crippen molar-refractivity contribution in [2.45, 2.75) is 19.3 Å². The summed E-state index contributed by atoms with van der Waals surface area (Å²) in [5.74, 6) is 0. The molecule has 6 rings (SSSR count). The van der Waals surface area contributed by atoms with E-state index in [2.05, 4.69) is 140 Å². The van der Waals surface area contributed by atoms with Crippen LogP contribution in [0.1, 0.15) is 25.0 Å². The molecule has 1 N–H and O–H groups in total. The van der Waals surface area contributed by atoms with E-state index in [0.29, 0.717) is 0 Å². The maximum absolute atomic E-state index is 3.84. The van der Waals surface area contributed by atoms with E-state index in [9.17, 15) is 0 Å². The molecule has 1 heteroatoms. The highest BCUT2D eigenvalue weighted by Crippen LogP contribution is 2.52. The van der Waals surface area contributed by atoms with Crippen molar-refractivity contribution in [3.63, 3.8) is 0 Å². The van der Waals surface area contributed by atoms with Crippen molar-refractivity contribution < 1.29 is 0 Å². The molecule has 5 aromatic rings. The molecule has 0 unspecified atom stereocenters. The lowest BCUT2D eigenvalue weighted by atomic mass is 9.81. The molecule has 1 aliphatic carbocycles. The molecule has 0 radical (unpaired) electrons. The van der Waals surface area contributed by atoms with Crippen LogP contribution in [0.15, 0.2) is 121 Å². The summed E-state index contributed by atoms with van der Waals surface area (Å²) in [6.45, 7) is 4.67. The van der Waals surface area contributed by atoms with Crippen LogP contribution in [0, 0.1) is 0 Å². The number of fused-ring (bicyclic) bond motifs is 3. The molecule has 0 saturated carbocycles. The Kier molecular flexibility index (Phi) is 4.85. The van der Waals surface area contributed by atoms with Crippen LogP contribution in [0.4, 0.5) is 11.4 Å². The van der Waals surface area contributed by atoms with Crippen LogP contribution in [-0.4, -0.2) is 0 Å². The van der Waals surface area contributed by atoms with E-state index >= 15 is 0 Å². The molecular weight excluding hydrogens is 410 g/mol. The molecule has 0 amide bonds. The van der Waals surface area contributed by atoms with E-state index in [4.69, 9.17) is 0 Å². The molecule has 164 valence electrons. The number of anilines is 2. The van der Waals surface area contributed by atoms with Gasteiger partial charge in [0, 0.05) is 22.4 Å². The van der Waals surface area contributed by atoms with Gasteiger partial charge in [-0.05, 0) is 57.1 Å². The summed E-state index contributed by atoms with van der Waals surface area (Å²) in [6.07, 6.45) is 0. The first-order chi connectivity index (χ1) is 16.6. The van der Waals surface area contributed by atoms with Gasteiger partial charge in [0.25, 0.3) is 0 Å². The van der Waals surface area contributed by atoms with Gasteiger partial charge in [0.2, 0.25) is 0 Å². The van der Waals surface area contributed by atoms with Gasteiger partial charge in [0.15, 0.2) is 0 Å². The van der Waals surface area contributed by atoms with Gasteiger partial charge >= 0.3 is 0 Å². The minimum atomic E-state index is -0.0631. The van der Waals surface area contributed by atoms with Crippen LogP contribution in [0.2, 0.25) is 0 Å². The van der Waals surface area contributed by atoms with Crippen molar-refractivity contribution in [3.8, 4) is 33.4 Å². The monoisotopic (exact) mass is 437 g/mol. The number of hydrogen-bond donors (Lipinski definition) is 1. The lowest BCUT2D eigenvalue weighted by molar-refractivity contribution is 0.662. The van der Waals surface area contributed by atoms with Gasteiger partial charge in [0.05, 0.1) is 0 Å². The zero-order valence-corrected chi connectivity index (χ0v) is 19.5. The normalized spacial score (nSPS) is 13.2. The van der Waals surface area contributed by atoms with E-state index in [1.165, 1.54) is 50.2 Å². The summed E-state index contributed by atoms with van der Waals surface area (Å²) in [5.41, 5.74) is 12.5. The SMILES string of the molecule is CC1(C)c2ccccc2-c2cccc(Nc3ccc(-c4ccccc4)cc3-c3ccccc3)c21. The Hall–Kier alpha value is -4.10. The molecule has 1 nitrogen and oxygen atoms in total. The van der Waals surface area contributed by atoms with Crippen molar-refractivity contribution in [3.05, 3.63) is 132 Å². The molecule has 0 spiro atoms. The fourth-order valence-corrected chi connectivity index (χ4v) is 5.42. The number of rotatable bonds is 4. The van der Waals surface area contributed by atoms with Crippen molar-refractivity contribution in [1.82, 2.24) is 0 Å². The molecule has 0 bridgehead atoms. The van der Waals surface area contributed by atoms with Crippen LogP contribution in [0.5, 0.6) is 0 Å². The molecular formula is C33H27N. The summed E-state index contributed by atoms with van der Waals surface area (Å²) in [5, 5.41) is 3.84. The lowest BCUT2D eigenvalue weighted by Crippen LogP contribution is -2.16. The highest BCUT2D eigenvalue weighted by Gasteiger charge is 2.37. The second kappa shape index (κ2) is 8.04. The Balaban J connectivity index is 1.49. The molecule has 0 atom stereocenters. The first-order valence-corrected chi connectivity index (χ1v) is 11.9. The maximum atomic E-state index is 3.84. The van der Waals surface area contributed by atoms with Crippen LogP contribution >= 0.6 is 0 Å². The minimum absolute atomic E-state index is 0.0631. The zero-order valence-electron chi connectivity index (χ0n) is 19.5. The average Bonchev–Trinajstić information content (AvgIpc) is 3.13. The summed E-state index contributed by atoms with van der Waals surface area (Å²) in [6, 6.07) is 43.4. The van der Waals surface area contributed by atoms with Crippen LogP contribution < -0.4 is 5.32 Å². The predicted molar refractivity (Wildman–Crippen MR) is 145 cm³/mol. The summed E-state index contributed by atoms with van der Waals surface area (Å²) in [4.78, 5) is 0. The van der Waals surface area contributed by atoms with Crippen molar-refractivity contribution in [2.75, 3.05) is 5.32 Å². The fourth-order valence-electron chi connectivity index (χ4n) is 5.42. The predicted octanol–water partition coefficient (Wildman–Crippen LogP) is 9.07. The maximum Gasteiger partial charge on any atom is 0.0464 e. The van der Waals surface area contributed by atoms with E-state index in [1.54, 1.807) is 0 Å². The standard InChI is InChI=1S/C33H27N/c1-33(2)29-18-10-9-16-26(29)27-17-11-19-31(32(27)33)34-30-21-20-25(23-12-5-3-6-13-23)22-28(30)24-14-7-4-8-15-24/h3-22,34H,1-2H3. The lowest BCUT2D eigenvalue weighted by Gasteiger charge is -2.25. The first-order valence-electron chi connectivity index (χ1n) is 11.9. The zero-order chi connectivity index (χ0) is 23.1.